The summed E-state index contributed by atoms with van der Waals surface area (Å²) in [5.41, 5.74) is 3.93. The Kier molecular flexibility index (Phi) is 4.56. The highest BCUT2D eigenvalue weighted by Crippen LogP contribution is 2.35. The molecule has 1 atom stereocenters. The molecule has 0 radical (unpaired) electrons. The van der Waals surface area contributed by atoms with Gasteiger partial charge in [0.2, 0.25) is 0 Å². The number of rotatable bonds is 5. The van der Waals surface area contributed by atoms with E-state index in [2.05, 4.69) is 40.8 Å². The summed E-state index contributed by atoms with van der Waals surface area (Å²) in [4.78, 5) is 4.63. The van der Waals surface area contributed by atoms with Crippen molar-refractivity contribution >= 4 is 11.3 Å². The van der Waals surface area contributed by atoms with Crippen LogP contribution in [0, 0.1) is 0 Å². The molecule has 1 aliphatic carbocycles. The Morgan fingerprint density at radius 3 is 3.10 bits per heavy atom. The molecule has 3 nitrogen and oxygen atoms in total. The Morgan fingerprint density at radius 2 is 2.33 bits per heavy atom. The molecule has 2 aromatic rings. The summed E-state index contributed by atoms with van der Waals surface area (Å²) in [6.07, 6.45) is 4.54. The van der Waals surface area contributed by atoms with Gasteiger partial charge in [0.25, 0.3) is 0 Å². The molecule has 0 bridgehead atoms. The maximum Gasteiger partial charge on any atom is 0.122 e. The zero-order valence-corrected chi connectivity index (χ0v) is 13.5. The Morgan fingerprint density at radius 1 is 1.43 bits per heavy atom. The van der Waals surface area contributed by atoms with Crippen molar-refractivity contribution in [2.75, 3.05) is 7.11 Å². The molecule has 1 aromatic carbocycles. The fourth-order valence-corrected chi connectivity index (χ4v) is 3.78. The summed E-state index contributed by atoms with van der Waals surface area (Å²) in [5.74, 6) is 1.03. The number of hydrogen-bond acceptors (Lipinski definition) is 4. The van der Waals surface area contributed by atoms with Crippen LogP contribution in [0.25, 0.3) is 0 Å². The number of aromatic nitrogens is 1. The second-order valence-corrected chi connectivity index (χ2v) is 6.38. The van der Waals surface area contributed by atoms with E-state index in [0.717, 1.165) is 30.8 Å². The van der Waals surface area contributed by atoms with Crippen molar-refractivity contribution in [1.82, 2.24) is 10.3 Å². The Hall–Kier alpha value is -1.39. The molecule has 0 aliphatic heterocycles. The van der Waals surface area contributed by atoms with E-state index in [-0.39, 0.29) is 0 Å². The lowest BCUT2D eigenvalue weighted by molar-refractivity contribution is 0.395. The minimum absolute atomic E-state index is 0.413. The van der Waals surface area contributed by atoms with E-state index < -0.39 is 0 Å². The molecule has 3 rings (SSSR count). The van der Waals surface area contributed by atoms with E-state index in [4.69, 9.17) is 4.74 Å². The number of methoxy groups -OCH3 is 1. The highest BCUT2D eigenvalue weighted by Gasteiger charge is 2.22. The van der Waals surface area contributed by atoms with Crippen LogP contribution in [0.15, 0.2) is 23.6 Å². The van der Waals surface area contributed by atoms with Gasteiger partial charge in [-0.3, -0.25) is 0 Å². The number of fused-ring (bicyclic) bond motifs is 1. The van der Waals surface area contributed by atoms with E-state index in [1.54, 1.807) is 18.4 Å². The van der Waals surface area contributed by atoms with Gasteiger partial charge < -0.3 is 10.1 Å². The van der Waals surface area contributed by atoms with Gasteiger partial charge in [0.1, 0.15) is 5.75 Å². The van der Waals surface area contributed by atoms with Crippen LogP contribution in [-0.2, 0) is 19.4 Å². The highest BCUT2D eigenvalue weighted by atomic mass is 32.1. The van der Waals surface area contributed by atoms with Crippen molar-refractivity contribution in [3.63, 3.8) is 0 Å². The molecule has 1 N–H and O–H groups in total. The van der Waals surface area contributed by atoms with Crippen LogP contribution < -0.4 is 10.1 Å². The summed E-state index contributed by atoms with van der Waals surface area (Å²) >= 11 is 1.76. The molecule has 0 spiro atoms. The van der Waals surface area contributed by atoms with Crippen molar-refractivity contribution in [3.05, 3.63) is 45.4 Å². The molecular weight excluding hydrogens is 280 g/mol. The first kappa shape index (κ1) is 14.5. The molecule has 112 valence electrons. The van der Waals surface area contributed by atoms with Gasteiger partial charge in [0.15, 0.2) is 0 Å². The van der Waals surface area contributed by atoms with Crippen molar-refractivity contribution in [3.8, 4) is 5.75 Å². The molecule has 1 aromatic heterocycles. The molecule has 0 saturated carbocycles. The number of aryl methyl sites for hydroxylation is 1. The molecular formula is C17H22N2OS. The minimum Gasteiger partial charge on any atom is -0.496 e. The third-order valence-electron chi connectivity index (χ3n) is 4.12. The summed E-state index contributed by atoms with van der Waals surface area (Å²) < 4.78 is 5.50. The fourth-order valence-electron chi connectivity index (χ4n) is 3.04. The van der Waals surface area contributed by atoms with Crippen molar-refractivity contribution in [1.29, 1.82) is 0 Å². The number of hydrogen-bond donors (Lipinski definition) is 1. The average Bonchev–Trinajstić information content (AvgIpc) is 3.00. The van der Waals surface area contributed by atoms with Gasteiger partial charge in [-0.1, -0.05) is 19.1 Å². The first-order valence-corrected chi connectivity index (χ1v) is 8.52. The van der Waals surface area contributed by atoms with Crippen molar-refractivity contribution < 1.29 is 4.74 Å². The van der Waals surface area contributed by atoms with Gasteiger partial charge >= 0.3 is 0 Å². The van der Waals surface area contributed by atoms with Crippen LogP contribution in [0.3, 0.4) is 0 Å². The number of thiazole rings is 1. The van der Waals surface area contributed by atoms with Gasteiger partial charge in [-0.25, -0.2) is 4.98 Å². The average molecular weight is 302 g/mol. The maximum absolute atomic E-state index is 5.50. The van der Waals surface area contributed by atoms with Crippen LogP contribution >= 0.6 is 11.3 Å². The van der Waals surface area contributed by atoms with Crippen molar-refractivity contribution in [2.45, 2.75) is 45.2 Å². The molecule has 0 fully saturated rings. The third-order valence-corrected chi connectivity index (χ3v) is 5.16. The summed E-state index contributed by atoms with van der Waals surface area (Å²) in [6.45, 7) is 3.00. The van der Waals surface area contributed by atoms with Gasteiger partial charge in [0, 0.05) is 18.0 Å². The lowest BCUT2D eigenvalue weighted by Gasteiger charge is -2.27. The largest absolute Gasteiger partial charge is 0.496 e. The zero-order chi connectivity index (χ0) is 14.7. The minimum atomic E-state index is 0.413. The first-order valence-electron chi connectivity index (χ1n) is 7.64. The van der Waals surface area contributed by atoms with E-state index in [0.29, 0.717) is 6.04 Å². The predicted octanol–water partition coefficient (Wildman–Crippen LogP) is 3.88. The summed E-state index contributed by atoms with van der Waals surface area (Å²) in [6, 6.07) is 6.80. The molecule has 4 heteroatoms. The Balaban J connectivity index is 1.73. The molecule has 0 saturated heterocycles. The topological polar surface area (TPSA) is 34.2 Å². The molecule has 1 unspecified atom stereocenters. The first-order chi connectivity index (χ1) is 10.3. The molecule has 0 amide bonds. The molecule has 1 heterocycles. The molecule has 21 heavy (non-hydrogen) atoms. The van der Waals surface area contributed by atoms with Crippen LogP contribution in [0.5, 0.6) is 5.75 Å². The Labute approximate surface area is 130 Å². The highest BCUT2D eigenvalue weighted by molar-refractivity contribution is 7.09. The summed E-state index contributed by atoms with van der Waals surface area (Å²) in [7, 11) is 1.76. The van der Waals surface area contributed by atoms with Crippen LogP contribution in [0.1, 0.15) is 47.6 Å². The second-order valence-electron chi connectivity index (χ2n) is 5.44. The third kappa shape index (κ3) is 3.11. The van der Waals surface area contributed by atoms with Crippen molar-refractivity contribution in [2.24, 2.45) is 0 Å². The second kappa shape index (κ2) is 6.58. The van der Waals surface area contributed by atoms with Gasteiger partial charge in [-0.15, -0.1) is 11.3 Å². The van der Waals surface area contributed by atoms with Gasteiger partial charge in [-0.2, -0.15) is 0 Å². The smallest absolute Gasteiger partial charge is 0.122 e. The van der Waals surface area contributed by atoms with Crippen LogP contribution in [-0.4, -0.2) is 12.1 Å². The SMILES string of the molecule is CCc1nc(CNC2CCCc3c(OC)cccc32)cs1. The number of benzene rings is 1. The lowest BCUT2D eigenvalue weighted by atomic mass is 9.87. The summed E-state index contributed by atoms with van der Waals surface area (Å²) in [5, 5.41) is 7.06. The van der Waals surface area contributed by atoms with E-state index in [1.165, 1.54) is 29.0 Å². The van der Waals surface area contributed by atoms with Crippen LogP contribution in [0.4, 0.5) is 0 Å². The number of ether oxygens (including phenoxy) is 1. The maximum atomic E-state index is 5.50. The van der Waals surface area contributed by atoms with Crippen LogP contribution in [0.2, 0.25) is 0 Å². The van der Waals surface area contributed by atoms with Gasteiger partial charge in [0.05, 0.1) is 17.8 Å². The fraction of sp³-hybridized carbons (Fsp3) is 0.471. The number of nitrogens with one attached hydrogen (secondary N) is 1. The normalized spacial score (nSPS) is 17.5. The Bertz CT molecular complexity index is 609. The standard InChI is InChI=1S/C17H22N2OS/c1-3-17-19-12(11-21-17)10-18-15-8-4-7-14-13(15)6-5-9-16(14)20-2/h5-6,9,11,15,18H,3-4,7-8,10H2,1-2H3. The van der Waals surface area contributed by atoms with E-state index in [9.17, 15) is 0 Å². The number of nitrogens with zero attached hydrogens (tertiary/aromatic N) is 1. The van der Waals surface area contributed by atoms with Gasteiger partial charge in [-0.05, 0) is 42.9 Å². The zero-order valence-electron chi connectivity index (χ0n) is 12.7. The predicted molar refractivity (Wildman–Crippen MR) is 87.0 cm³/mol. The quantitative estimate of drug-likeness (QED) is 0.910. The monoisotopic (exact) mass is 302 g/mol. The van der Waals surface area contributed by atoms with E-state index in [1.807, 2.05) is 0 Å². The van der Waals surface area contributed by atoms with E-state index >= 15 is 0 Å². The lowest BCUT2D eigenvalue weighted by Crippen LogP contribution is -2.25. The molecule has 1 aliphatic rings.